The number of carbonyl (C=O) groups excluding carboxylic acids is 1. The minimum absolute atomic E-state index is 0.306. The molecule has 164 valence electrons. The fraction of sp³-hybridized carbons (Fsp3) is 0.310. The SMILES string of the molecule is CCCCCc1ccc(-c2ccc(C(=O)Oc3ccc(CCCC)cc3C#N)cc2)cc1. The number of hydrogen-bond donors (Lipinski definition) is 0. The number of benzene rings is 3. The van der Waals surface area contributed by atoms with E-state index >= 15 is 0 Å². The van der Waals surface area contributed by atoms with Crippen LogP contribution in [0, 0.1) is 11.3 Å². The molecule has 3 heteroatoms. The van der Waals surface area contributed by atoms with Crippen molar-refractivity contribution in [3.05, 3.63) is 89.0 Å². The number of hydrogen-bond acceptors (Lipinski definition) is 3. The van der Waals surface area contributed by atoms with Crippen LogP contribution in [0.1, 0.15) is 73.0 Å². The lowest BCUT2D eigenvalue weighted by molar-refractivity contribution is 0.0734. The summed E-state index contributed by atoms with van der Waals surface area (Å²) < 4.78 is 5.53. The standard InChI is InChI=1S/C29H31NO2/c1-3-5-7-9-22-10-13-24(14-11-22)25-15-17-26(18-16-25)29(31)32-28-19-12-23(8-6-4-2)20-27(28)21-30/h10-20H,3-9H2,1-2H3. The smallest absolute Gasteiger partial charge is 0.343 e. The molecular formula is C29H31NO2. The summed E-state index contributed by atoms with van der Waals surface area (Å²) in [5.41, 5.74) is 5.48. The average molecular weight is 426 g/mol. The van der Waals surface area contributed by atoms with Crippen LogP contribution < -0.4 is 4.74 Å². The molecule has 0 bridgehead atoms. The van der Waals surface area contributed by atoms with Crippen molar-refractivity contribution in [2.75, 3.05) is 0 Å². The Bertz CT molecular complexity index is 1060. The quantitative estimate of drug-likeness (QED) is 0.192. The van der Waals surface area contributed by atoms with Crippen LogP contribution in [0.25, 0.3) is 11.1 Å². The Balaban J connectivity index is 1.66. The maximum Gasteiger partial charge on any atom is 0.343 e. The lowest BCUT2D eigenvalue weighted by Crippen LogP contribution is -2.09. The Hall–Kier alpha value is -3.38. The van der Waals surface area contributed by atoms with Crippen LogP contribution in [-0.4, -0.2) is 5.97 Å². The highest BCUT2D eigenvalue weighted by Crippen LogP contribution is 2.24. The van der Waals surface area contributed by atoms with Crippen LogP contribution in [0.15, 0.2) is 66.7 Å². The summed E-state index contributed by atoms with van der Waals surface area (Å²) in [7, 11) is 0. The van der Waals surface area contributed by atoms with Gasteiger partial charge in [-0.2, -0.15) is 5.26 Å². The van der Waals surface area contributed by atoms with Crippen molar-refractivity contribution < 1.29 is 9.53 Å². The van der Waals surface area contributed by atoms with Gasteiger partial charge >= 0.3 is 5.97 Å². The lowest BCUT2D eigenvalue weighted by atomic mass is 10.0. The van der Waals surface area contributed by atoms with Crippen LogP contribution >= 0.6 is 0 Å². The van der Waals surface area contributed by atoms with Crippen molar-refractivity contribution in [2.45, 2.75) is 58.8 Å². The molecule has 3 rings (SSSR count). The van der Waals surface area contributed by atoms with Gasteiger partial charge in [0.1, 0.15) is 11.8 Å². The first-order valence-electron chi connectivity index (χ1n) is 11.6. The van der Waals surface area contributed by atoms with Gasteiger partial charge in [-0.15, -0.1) is 0 Å². The third-order valence-corrected chi connectivity index (χ3v) is 5.66. The summed E-state index contributed by atoms with van der Waals surface area (Å²) in [4.78, 5) is 12.6. The Morgan fingerprint density at radius 1 is 0.781 bits per heavy atom. The van der Waals surface area contributed by atoms with E-state index in [1.807, 2.05) is 24.3 Å². The molecule has 0 aliphatic rings. The fourth-order valence-corrected chi connectivity index (χ4v) is 3.69. The normalized spacial score (nSPS) is 10.5. The number of nitriles is 1. The number of unbranched alkanes of at least 4 members (excludes halogenated alkanes) is 3. The van der Waals surface area contributed by atoms with Crippen LogP contribution in [0.2, 0.25) is 0 Å². The van der Waals surface area contributed by atoms with Gasteiger partial charge in [-0.1, -0.05) is 75.6 Å². The fourth-order valence-electron chi connectivity index (χ4n) is 3.69. The zero-order valence-electron chi connectivity index (χ0n) is 19.1. The van der Waals surface area contributed by atoms with Crippen LogP contribution in [0.4, 0.5) is 0 Å². The third-order valence-electron chi connectivity index (χ3n) is 5.66. The predicted molar refractivity (Wildman–Crippen MR) is 130 cm³/mol. The molecule has 0 saturated heterocycles. The van der Waals surface area contributed by atoms with Gasteiger partial charge in [0.25, 0.3) is 0 Å². The first-order valence-corrected chi connectivity index (χ1v) is 11.6. The Morgan fingerprint density at radius 2 is 1.38 bits per heavy atom. The van der Waals surface area contributed by atoms with Crippen molar-refractivity contribution in [2.24, 2.45) is 0 Å². The molecule has 0 aromatic heterocycles. The topological polar surface area (TPSA) is 50.1 Å². The van der Waals surface area contributed by atoms with Crippen molar-refractivity contribution in [1.29, 1.82) is 5.26 Å². The Labute approximate surface area is 191 Å². The van der Waals surface area contributed by atoms with E-state index in [9.17, 15) is 10.1 Å². The molecule has 3 aromatic carbocycles. The van der Waals surface area contributed by atoms with E-state index in [0.717, 1.165) is 42.4 Å². The van der Waals surface area contributed by atoms with E-state index in [1.54, 1.807) is 18.2 Å². The Morgan fingerprint density at radius 3 is 2.00 bits per heavy atom. The van der Waals surface area contributed by atoms with Gasteiger partial charge in [0.15, 0.2) is 0 Å². The number of esters is 1. The van der Waals surface area contributed by atoms with E-state index in [1.165, 1.54) is 24.8 Å². The van der Waals surface area contributed by atoms with Gasteiger partial charge in [0, 0.05) is 0 Å². The molecule has 0 aliphatic heterocycles. The number of aryl methyl sites for hydroxylation is 2. The first-order chi connectivity index (χ1) is 15.6. The predicted octanol–water partition coefficient (Wildman–Crippen LogP) is 7.52. The second kappa shape index (κ2) is 11.9. The molecule has 0 aliphatic carbocycles. The van der Waals surface area contributed by atoms with Gasteiger partial charge in [-0.05, 0) is 72.2 Å². The van der Waals surface area contributed by atoms with Gasteiger partial charge in [0.05, 0.1) is 11.1 Å². The number of nitrogens with zero attached hydrogens (tertiary/aromatic N) is 1. The second-order valence-electron chi connectivity index (χ2n) is 8.17. The van der Waals surface area contributed by atoms with Crippen LogP contribution in [0.5, 0.6) is 5.75 Å². The number of ether oxygens (including phenoxy) is 1. The maximum atomic E-state index is 12.6. The molecule has 0 fully saturated rings. The molecule has 32 heavy (non-hydrogen) atoms. The molecular weight excluding hydrogens is 394 g/mol. The third kappa shape index (κ3) is 6.31. The average Bonchev–Trinajstić information content (AvgIpc) is 2.84. The molecule has 0 spiro atoms. The van der Waals surface area contributed by atoms with Crippen molar-refractivity contribution in [3.8, 4) is 22.9 Å². The molecule has 0 amide bonds. The van der Waals surface area contributed by atoms with Crippen LogP contribution in [-0.2, 0) is 12.8 Å². The summed E-state index contributed by atoms with van der Waals surface area (Å²) in [6.07, 6.45) is 7.91. The number of rotatable bonds is 10. The minimum Gasteiger partial charge on any atom is -0.422 e. The van der Waals surface area contributed by atoms with E-state index < -0.39 is 5.97 Å². The molecule has 0 saturated carbocycles. The largest absolute Gasteiger partial charge is 0.422 e. The van der Waals surface area contributed by atoms with Gasteiger partial charge in [-0.3, -0.25) is 0 Å². The van der Waals surface area contributed by atoms with Gasteiger partial charge in [-0.25, -0.2) is 4.79 Å². The Kier molecular flexibility index (Phi) is 8.63. The highest BCUT2D eigenvalue weighted by molar-refractivity contribution is 5.92. The summed E-state index contributed by atoms with van der Waals surface area (Å²) in [5, 5.41) is 9.45. The van der Waals surface area contributed by atoms with E-state index in [4.69, 9.17) is 4.74 Å². The summed E-state index contributed by atoms with van der Waals surface area (Å²) in [6, 6.07) is 23.6. The van der Waals surface area contributed by atoms with Gasteiger partial charge in [0.2, 0.25) is 0 Å². The van der Waals surface area contributed by atoms with E-state index in [2.05, 4.69) is 44.2 Å². The number of carbonyl (C=O) groups is 1. The lowest BCUT2D eigenvalue weighted by Gasteiger charge is -2.09. The molecule has 0 radical (unpaired) electrons. The zero-order chi connectivity index (χ0) is 22.8. The molecule has 3 aromatic rings. The van der Waals surface area contributed by atoms with E-state index in [-0.39, 0.29) is 0 Å². The van der Waals surface area contributed by atoms with E-state index in [0.29, 0.717) is 16.9 Å². The molecule has 0 heterocycles. The monoisotopic (exact) mass is 425 g/mol. The molecule has 0 unspecified atom stereocenters. The van der Waals surface area contributed by atoms with Gasteiger partial charge < -0.3 is 4.74 Å². The van der Waals surface area contributed by atoms with Crippen molar-refractivity contribution in [1.82, 2.24) is 0 Å². The van der Waals surface area contributed by atoms with Crippen molar-refractivity contribution >= 4 is 5.97 Å². The van der Waals surface area contributed by atoms with Crippen molar-refractivity contribution in [3.63, 3.8) is 0 Å². The maximum absolute atomic E-state index is 12.6. The second-order valence-corrected chi connectivity index (χ2v) is 8.17. The van der Waals surface area contributed by atoms with Crippen LogP contribution in [0.3, 0.4) is 0 Å². The summed E-state index contributed by atoms with van der Waals surface area (Å²) in [6.45, 7) is 4.35. The highest BCUT2D eigenvalue weighted by atomic mass is 16.5. The molecule has 3 nitrogen and oxygen atoms in total. The first kappa shape index (κ1) is 23.3. The molecule has 0 N–H and O–H groups in total. The summed E-state index contributed by atoms with van der Waals surface area (Å²) >= 11 is 0. The highest BCUT2D eigenvalue weighted by Gasteiger charge is 2.13. The summed E-state index contributed by atoms with van der Waals surface area (Å²) in [5.74, 6) is -0.152. The zero-order valence-corrected chi connectivity index (χ0v) is 19.1. The molecule has 0 atom stereocenters. The minimum atomic E-state index is -0.458.